The van der Waals surface area contributed by atoms with E-state index in [0.29, 0.717) is 23.3 Å². The van der Waals surface area contributed by atoms with Crippen LogP contribution in [0.25, 0.3) is 5.65 Å². The predicted molar refractivity (Wildman–Crippen MR) is 117 cm³/mol. The molecular formula is C22H31N7. The van der Waals surface area contributed by atoms with Gasteiger partial charge in [0.15, 0.2) is 11.5 Å². The maximum atomic E-state index is 6.22. The van der Waals surface area contributed by atoms with E-state index in [0.717, 1.165) is 44.5 Å². The summed E-state index contributed by atoms with van der Waals surface area (Å²) in [6.45, 7) is 4.37. The Morgan fingerprint density at radius 3 is 2.79 bits per heavy atom. The number of rotatable bonds is 8. The molecule has 7 nitrogen and oxygen atoms in total. The van der Waals surface area contributed by atoms with E-state index in [1.807, 2.05) is 16.8 Å². The highest BCUT2D eigenvalue weighted by molar-refractivity contribution is 5.61. The SMILES string of the molecule is CCCC(Cc1ccccc1)Nc1nc(N)c2ncc(CC3CCNCC3)n2n1. The van der Waals surface area contributed by atoms with E-state index in [2.05, 4.69) is 51.8 Å². The standard InChI is InChI=1S/C22H31N7/c1-2-6-18(13-16-7-4-3-5-8-16)26-22-27-20(23)21-25-15-19(29(21)28-22)14-17-9-11-24-12-10-17/h3-5,7-8,15,17-18,24H,2,6,9-14H2,1H3,(H3,23,26,27,28). The molecule has 7 heteroatoms. The summed E-state index contributed by atoms with van der Waals surface area (Å²) in [7, 11) is 0. The lowest BCUT2D eigenvalue weighted by Crippen LogP contribution is -2.29. The molecule has 29 heavy (non-hydrogen) atoms. The minimum Gasteiger partial charge on any atom is -0.380 e. The number of hydrogen-bond acceptors (Lipinski definition) is 6. The number of piperidine rings is 1. The molecule has 1 fully saturated rings. The number of nitrogens with two attached hydrogens (primary N) is 1. The van der Waals surface area contributed by atoms with Crippen molar-refractivity contribution in [3.63, 3.8) is 0 Å². The second-order valence-corrected chi connectivity index (χ2v) is 8.02. The zero-order valence-electron chi connectivity index (χ0n) is 17.1. The minimum absolute atomic E-state index is 0.260. The van der Waals surface area contributed by atoms with Crippen LogP contribution in [0.15, 0.2) is 36.5 Å². The van der Waals surface area contributed by atoms with Crippen LogP contribution >= 0.6 is 0 Å². The molecule has 0 aliphatic carbocycles. The summed E-state index contributed by atoms with van der Waals surface area (Å²) < 4.78 is 1.89. The number of anilines is 2. The lowest BCUT2D eigenvalue weighted by Gasteiger charge is -2.22. The van der Waals surface area contributed by atoms with Gasteiger partial charge in [0.05, 0.1) is 11.9 Å². The van der Waals surface area contributed by atoms with E-state index in [1.165, 1.54) is 18.4 Å². The molecular weight excluding hydrogens is 362 g/mol. The van der Waals surface area contributed by atoms with Crippen LogP contribution in [-0.2, 0) is 12.8 Å². The number of nitrogens with zero attached hydrogens (tertiary/aromatic N) is 4. The van der Waals surface area contributed by atoms with Crippen molar-refractivity contribution in [2.45, 2.75) is 51.5 Å². The molecule has 0 spiro atoms. The van der Waals surface area contributed by atoms with Crippen LogP contribution in [0.2, 0.25) is 0 Å². The second kappa shape index (κ2) is 9.22. The molecule has 2 aromatic heterocycles. The van der Waals surface area contributed by atoms with Gasteiger partial charge in [0.25, 0.3) is 0 Å². The van der Waals surface area contributed by atoms with Gasteiger partial charge in [0, 0.05) is 6.04 Å². The fourth-order valence-electron chi connectivity index (χ4n) is 4.19. The third-order valence-corrected chi connectivity index (χ3v) is 5.71. The molecule has 0 saturated carbocycles. The Kier molecular flexibility index (Phi) is 6.24. The van der Waals surface area contributed by atoms with Crippen LogP contribution in [0.1, 0.15) is 43.9 Å². The molecule has 1 atom stereocenters. The fourth-order valence-corrected chi connectivity index (χ4v) is 4.19. The largest absolute Gasteiger partial charge is 0.380 e. The van der Waals surface area contributed by atoms with Crippen molar-refractivity contribution < 1.29 is 0 Å². The van der Waals surface area contributed by atoms with Crippen LogP contribution in [0.4, 0.5) is 11.8 Å². The number of benzene rings is 1. The first kappa shape index (κ1) is 19.6. The van der Waals surface area contributed by atoms with Gasteiger partial charge in [0.1, 0.15) is 0 Å². The summed E-state index contributed by atoms with van der Waals surface area (Å²) >= 11 is 0. The van der Waals surface area contributed by atoms with E-state index in [4.69, 9.17) is 10.8 Å². The van der Waals surface area contributed by atoms with Gasteiger partial charge in [-0.2, -0.15) is 4.98 Å². The van der Waals surface area contributed by atoms with Crippen molar-refractivity contribution in [2.24, 2.45) is 5.92 Å². The maximum absolute atomic E-state index is 6.22. The summed E-state index contributed by atoms with van der Waals surface area (Å²) in [6, 6.07) is 10.8. The summed E-state index contributed by atoms with van der Waals surface area (Å²) in [4.78, 5) is 8.96. The lowest BCUT2D eigenvalue weighted by molar-refractivity contribution is 0.368. The first-order valence-corrected chi connectivity index (χ1v) is 10.7. The molecule has 3 heterocycles. The molecule has 154 valence electrons. The molecule has 1 aliphatic heterocycles. The zero-order valence-corrected chi connectivity index (χ0v) is 17.1. The van der Waals surface area contributed by atoms with Crippen molar-refractivity contribution in [3.8, 4) is 0 Å². The molecule has 0 amide bonds. The van der Waals surface area contributed by atoms with Crippen molar-refractivity contribution in [3.05, 3.63) is 47.8 Å². The van der Waals surface area contributed by atoms with E-state index >= 15 is 0 Å². The molecule has 1 unspecified atom stereocenters. The van der Waals surface area contributed by atoms with Crippen LogP contribution in [0.3, 0.4) is 0 Å². The second-order valence-electron chi connectivity index (χ2n) is 8.02. The number of fused-ring (bicyclic) bond motifs is 1. The Bertz CT molecular complexity index is 916. The van der Waals surface area contributed by atoms with Crippen molar-refractivity contribution >= 4 is 17.4 Å². The van der Waals surface area contributed by atoms with Crippen LogP contribution in [0, 0.1) is 5.92 Å². The van der Waals surface area contributed by atoms with Gasteiger partial charge >= 0.3 is 0 Å². The number of nitrogen functional groups attached to an aromatic ring is 1. The molecule has 0 bridgehead atoms. The van der Waals surface area contributed by atoms with E-state index in [1.54, 1.807) is 0 Å². The van der Waals surface area contributed by atoms with Crippen LogP contribution < -0.4 is 16.4 Å². The van der Waals surface area contributed by atoms with E-state index in [9.17, 15) is 0 Å². The van der Waals surface area contributed by atoms with Gasteiger partial charge in [-0.15, -0.1) is 5.10 Å². The Labute approximate surface area is 172 Å². The van der Waals surface area contributed by atoms with Gasteiger partial charge in [0.2, 0.25) is 5.95 Å². The molecule has 4 rings (SSSR count). The first-order chi connectivity index (χ1) is 14.2. The Morgan fingerprint density at radius 2 is 2.03 bits per heavy atom. The predicted octanol–water partition coefficient (Wildman–Crippen LogP) is 3.07. The highest BCUT2D eigenvalue weighted by atomic mass is 15.3. The van der Waals surface area contributed by atoms with Gasteiger partial charge in [-0.05, 0) is 56.7 Å². The maximum Gasteiger partial charge on any atom is 0.243 e. The third kappa shape index (κ3) is 4.85. The summed E-state index contributed by atoms with van der Waals surface area (Å²) in [5.41, 5.74) is 9.29. The van der Waals surface area contributed by atoms with Crippen molar-refractivity contribution in [2.75, 3.05) is 24.1 Å². The van der Waals surface area contributed by atoms with Gasteiger partial charge in [-0.3, -0.25) is 0 Å². The Morgan fingerprint density at radius 1 is 1.24 bits per heavy atom. The zero-order chi connectivity index (χ0) is 20.1. The number of nitrogens with one attached hydrogen (secondary N) is 2. The quantitative estimate of drug-likeness (QED) is 0.545. The van der Waals surface area contributed by atoms with E-state index < -0.39 is 0 Å². The van der Waals surface area contributed by atoms with Crippen molar-refractivity contribution in [1.29, 1.82) is 0 Å². The van der Waals surface area contributed by atoms with Crippen LogP contribution in [0.5, 0.6) is 0 Å². The number of imidazole rings is 1. The van der Waals surface area contributed by atoms with Gasteiger partial charge in [-0.25, -0.2) is 9.50 Å². The summed E-state index contributed by atoms with van der Waals surface area (Å²) in [5.74, 6) is 1.66. The highest BCUT2D eigenvalue weighted by Gasteiger charge is 2.19. The third-order valence-electron chi connectivity index (χ3n) is 5.71. The Balaban J connectivity index is 1.54. The number of aromatic nitrogens is 4. The molecule has 1 saturated heterocycles. The molecule has 1 aliphatic rings. The lowest BCUT2D eigenvalue weighted by atomic mass is 9.93. The summed E-state index contributed by atoms with van der Waals surface area (Å²) in [6.07, 6.45) is 8.32. The van der Waals surface area contributed by atoms with Gasteiger partial charge < -0.3 is 16.4 Å². The summed E-state index contributed by atoms with van der Waals surface area (Å²) in [5, 5.41) is 11.7. The monoisotopic (exact) mass is 393 g/mol. The average Bonchev–Trinajstić information content (AvgIpc) is 3.13. The van der Waals surface area contributed by atoms with Crippen LogP contribution in [-0.4, -0.2) is 38.7 Å². The first-order valence-electron chi connectivity index (χ1n) is 10.7. The highest BCUT2D eigenvalue weighted by Crippen LogP contribution is 2.21. The Hall–Kier alpha value is -2.67. The molecule has 1 aromatic carbocycles. The minimum atomic E-state index is 0.260. The smallest absolute Gasteiger partial charge is 0.243 e. The molecule has 3 aromatic rings. The topological polar surface area (TPSA) is 93.2 Å². The van der Waals surface area contributed by atoms with Crippen molar-refractivity contribution in [1.82, 2.24) is 24.9 Å². The molecule has 4 N–H and O–H groups in total. The number of hydrogen-bond donors (Lipinski definition) is 3. The average molecular weight is 394 g/mol. The fraction of sp³-hybridized carbons (Fsp3) is 0.500. The van der Waals surface area contributed by atoms with Gasteiger partial charge in [-0.1, -0.05) is 43.7 Å². The normalized spacial score (nSPS) is 16.2. The molecule has 0 radical (unpaired) electrons. The van der Waals surface area contributed by atoms with E-state index in [-0.39, 0.29) is 6.04 Å².